The number of benzene rings is 2. The molecular weight excluding hydrogens is 397 g/mol. The van der Waals surface area contributed by atoms with Gasteiger partial charge in [-0.1, -0.05) is 34.1 Å². The first-order valence-corrected chi connectivity index (χ1v) is 8.95. The quantitative estimate of drug-likeness (QED) is 0.721. The molecule has 0 heterocycles. The second-order valence-corrected chi connectivity index (χ2v) is 6.72. The van der Waals surface area contributed by atoms with Gasteiger partial charge < -0.3 is 10.1 Å². The molecule has 1 N–H and O–H groups in total. The van der Waals surface area contributed by atoms with Gasteiger partial charge in [0, 0.05) is 10.2 Å². The Balaban J connectivity index is 1.91. The van der Waals surface area contributed by atoms with Crippen LogP contribution in [0.4, 0.5) is 10.1 Å². The molecule has 0 saturated heterocycles. The summed E-state index contributed by atoms with van der Waals surface area (Å²) in [5, 5.41) is 2.67. The van der Waals surface area contributed by atoms with Gasteiger partial charge in [-0.3, -0.25) is 4.79 Å². The number of ether oxygens (including phenoxy) is 1. The van der Waals surface area contributed by atoms with Gasteiger partial charge in [-0.15, -0.1) is 11.8 Å². The van der Waals surface area contributed by atoms with Crippen LogP contribution >= 0.6 is 27.7 Å². The third kappa shape index (κ3) is 5.07. The second kappa shape index (κ2) is 8.84. The lowest BCUT2D eigenvalue weighted by Crippen LogP contribution is -2.17. The number of para-hydroxylation sites is 1. The van der Waals surface area contributed by atoms with Crippen molar-refractivity contribution in [2.45, 2.75) is 5.75 Å². The van der Waals surface area contributed by atoms with Crippen LogP contribution in [0.3, 0.4) is 0 Å². The van der Waals surface area contributed by atoms with Crippen molar-refractivity contribution >= 4 is 45.3 Å². The number of hydrogen-bond acceptors (Lipinski definition) is 4. The molecule has 0 radical (unpaired) electrons. The van der Waals surface area contributed by atoms with Gasteiger partial charge >= 0.3 is 5.97 Å². The van der Waals surface area contributed by atoms with Crippen molar-refractivity contribution in [3.63, 3.8) is 0 Å². The SMILES string of the molecule is COC(=O)c1ccccc1NC(=O)CSCc1ccc(Br)cc1F. The highest BCUT2D eigenvalue weighted by Crippen LogP contribution is 2.21. The zero-order valence-electron chi connectivity index (χ0n) is 12.8. The summed E-state index contributed by atoms with van der Waals surface area (Å²) in [5.74, 6) is -0.575. The number of anilines is 1. The van der Waals surface area contributed by atoms with Crippen LogP contribution in [0.25, 0.3) is 0 Å². The molecule has 0 atom stereocenters. The number of hydrogen-bond donors (Lipinski definition) is 1. The Morgan fingerprint density at radius 1 is 1.25 bits per heavy atom. The fourth-order valence-electron chi connectivity index (χ4n) is 1.96. The van der Waals surface area contributed by atoms with Crippen molar-refractivity contribution in [3.05, 3.63) is 63.9 Å². The van der Waals surface area contributed by atoms with Gasteiger partial charge in [0.15, 0.2) is 0 Å². The van der Waals surface area contributed by atoms with E-state index in [0.717, 1.165) is 0 Å². The van der Waals surface area contributed by atoms with E-state index in [9.17, 15) is 14.0 Å². The van der Waals surface area contributed by atoms with E-state index in [4.69, 9.17) is 0 Å². The van der Waals surface area contributed by atoms with Crippen LogP contribution in [0, 0.1) is 5.82 Å². The average molecular weight is 412 g/mol. The standard InChI is InChI=1S/C17H15BrFNO3S/c1-23-17(22)13-4-2-3-5-15(13)20-16(21)10-24-9-11-6-7-12(18)8-14(11)19/h2-8H,9-10H2,1H3,(H,20,21). The second-order valence-electron chi connectivity index (χ2n) is 4.81. The zero-order chi connectivity index (χ0) is 17.5. The van der Waals surface area contributed by atoms with Crippen LogP contribution in [-0.2, 0) is 15.3 Å². The number of carbonyl (C=O) groups is 2. The Morgan fingerprint density at radius 2 is 2.00 bits per heavy atom. The third-order valence-electron chi connectivity index (χ3n) is 3.11. The van der Waals surface area contributed by atoms with Crippen LogP contribution in [0.1, 0.15) is 15.9 Å². The van der Waals surface area contributed by atoms with Crippen LogP contribution in [-0.4, -0.2) is 24.7 Å². The number of carbonyl (C=O) groups excluding carboxylic acids is 2. The third-order valence-corrected chi connectivity index (χ3v) is 4.59. The highest BCUT2D eigenvalue weighted by molar-refractivity contribution is 9.10. The predicted octanol–water partition coefficient (Wildman–Crippen LogP) is 4.25. The molecule has 2 aromatic carbocycles. The normalized spacial score (nSPS) is 10.3. The van der Waals surface area contributed by atoms with Crippen molar-refractivity contribution in [2.75, 3.05) is 18.2 Å². The fourth-order valence-corrected chi connectivity index (χ4v) is 3.11. The number of halogens is 2. The minimum Gasteiger partial charge on any atom is -0.465 e. The van der Waals surface area contributed by atoms with E-state index in [1.165, 1.54) is 24.9 Å². The maximum absolute atomic E-state index is 13.7. The van der Waals surface area contributed by atoms with Gasteiger partial charge in [0.1, 0.15) is 5.82 Å². The molecule has 0 aliphatic rings. The highest BCUT2D eigenvalue weighted by atomic mass is 79.9. The Kier molecular flexibility index (Phi) is 6.81. The highest BCUT2D eigenvalue weighted by Gasteiger charge is 2.13. The van der Waals surface area contributed by atoms with Crippen LogP contribution < -0.4 is 5.32 Å². The Labute approximate surface area is 151 Å². The first kappa shape index (κ1) is 18.5. The fraction of sp³-hybridized carbons (Fsp3) is 0.176. The molecule has 24 heavy (non-hydrogen) atoms. The summed E-state index contributed by atoms with van der Waals surface area (Å²) in [4.78, 5) is 23.7. The number of esters is 1. The lowest BCUT2D eigenvalue weighted by molar-refractivity contribution is -0.113. The summed E-state index contributed by atoms with van der Waals surface area (Å²) in [5.41, 5.74) is 1.22. The average Bonchev–Trinajstić information content (AvgIpc) is 2.56. The van der Waals surface area contributed by atoms with Gasteiger partial charge in [-0.2, -0.15) is 0 Å². The molecule has 0 aromatic heterocycles. The minimum atomic E-state index is -0.518. The van der Waals surface area contributed by atoms with E-state index in [-0.39, 0.29) is 23.0 Å². The molecule has 0 saturated carbocycles. The lowest BCUT2D eigenvalue weighted by atomic mass is 10.2. The predicted molar refractivity (Wildman–Crippen MR) is 96.7 cm³/mol. The summed E-state index contributed by atoms with van der Waals surface area (Å²) in [6.07, 6.45) is 0. The molecule has 0 aliphatic heterocycles. The number of nitrogens with one attached hydrogen (secondary N) is 1. The molecule has 2 rings (SSSR count). The molecule has 1 amide bonds. The number of rotatable bonds is 6. The maximum atomic E-state index is 13.7. The van der Waals surface area contributed by atoms with Crippen LogP contribution in [0.15, 0.2) is 46.9 Å². The largest absolute Gasteiger partial charge is 0.465 e. The van der Waals surface area contributed by atoms with E-state index >= 15 is 0 Å². The zero-order valence-corrected chi connectivity index (χ0v) is 15.2. The topological polar surface area (TPSA) is 55.4 Å². The van der Waals surface area contributed by atoms with Crippen LogP contribution in [0.2, 0.25) is 0 Å². The van der Waals surface area contributed by atoms with Crippen molar-refractivity contribution in [1.82, 2.24) is 0 Å². The van der Waals surface area contributed by atoms with E-state index in [0.29, 0.717) is 21.5 Å². The van der Waals surface area contributed by atoms with Gasteiger partial charge in [0.2, 0.25) is 5.91 Å². The Morgan fingerprint density at radius 3 is 2.71 bits per heavy atom. The van der Waals surface area contributed by atoms with Crippen LogP contribution in [0.5, 0.6) is 0 Å². The summed E-state index contributed by atoms with van der Waals surface area (Å²) >= 11 is 4.49. The van der Waals surface area contributed by atoms with E-state index in [1.807, 2.05) is 0 Å². The van der Waals surface area contributed by atoms with Crippen molar-refractivity contribution < 1.29 is 18.7 Å². The monoisotopic (exact) mass is 411 g/mol. The molecule has 126 valence electrons. The smallest absolute Gasteiger partial charge is 0.339 e. The molecule has 4 nitrogen and oxygen atoms in total. The van der Waals surface area contributed by atoms with Crippen molar-refractivity contribution in [1.29, 1.82) is 0 Å². The molecule has 2 aromatic rings. The maximum Gasteiger partial charge on any atom is 0.339 e. The Bertz CT molecular complexity index is 754. The Hall–Kier alpha value is -1.86. The minimum absolute atomic E-state index is 0.144. The number of thioether (sulfide) groups is 1. The molecule has 0 aliphatic carbocycles. The number of amides is 1. The first-order valence-electron chi connectivity index (χ1n) is 7.00. The van der Waals surface area contributed by atoms with E-state index < -0.39 is 5.97 Å². The molecule has 0 fully saturated rings. The first-order chi connectivity index (χ1) is 11.5. The van der Waals surface area contributed by atoms with Gasteiger partial charge in [0.25, 0.3) is 0 Å². The van der Waals surface area contributed by atoms with E-state index in [2.05, 4.69) is 26.0 Å². The summed E-state index contributed by atoms with van der Waals surface area (Å²) in [6, 6.07) is 11.4. The van der Waals surface area contributed by atoms with Crippen molar-refractivity contribution in [2.24, 2.45) is 0 Å². The molecule has 0 unspecified atom stereocenters. The van der Waals surface area contributed by atoms with E-state index in [1.54, 1.807) is 36.4 Å². The van der Waals surface area contributed by atoms with Gasteiger partial charge in [-0.05, 0) is 29.8 Å². The van der Waals surface area contributed by atoms with Gasteiger partial charge in [-0.25, -0.2) is 9.18 Å². The lowest BCUT2D eigenvalue weighted by Gasteiger charge is -2.09. The molecule has 0 bridgehead atoms. The van der Waals surface area contributed by atoms with Crippen molar-refractivity contribution in [3.8, 4) is 0 Å². The molecular formula is C17H15BrFNO3S. The summed E-state index contributed by atoms with van der Waals surface area (Å²) in [6.45, 7) is 0. The molecule has 0 spiro atoms. The summed E-state index contributed by atoms with van der Waals surface area (Å²) < 4.78 is 19.1. The molecule has 7 heteroatoms. The van der Waals surface area contributed by atoms with Gasteiger partial charge in [0.05, 0.1) is 24.1 Å². The number of methoxy groups -OCH3 is 1. The summed E-state index contributed by atoms with van der Waals surface area (Å²) in [7, 11) is 1.28.